The second kappa shape index (κ2) is 8.38. The number of fused-ring (bicyclic) bond motifs is 1. The number of nitrogens with zero attached hydrogens (tertiary/aromatic N) is 6. The summed E-state index contributed by atoms with van der Waals surface area (Å²) in [6, 6.07) is 15.7. The molecule has 2 aromatic heterocycles. The molecule has 2 heterocycles. The van der Waals surface area contributed by atoms with Crippen molar-refractivity contribution in [1.29, 1.82) is 0 Å². The summed E-state index contributed by atoms with van der Waals surface area (Å²) in [7, 11) is 4.10. The first-order valence-electron chi connectivity index (χ1n) is 9.07. The summed E-state index contributed by atoms with van der Waals surface area (Å²) in [4.78, 5) is 10.8. The van der Waals surface area contributed by atoms with Gasteiger partial charge in [0.15, 0.2) is 11.5 Å². The molecular formula is C21H20ClN7. The lowest BCUT2D eigenvalue weighted by Crippen LogP contribution is -2.10. The van der Waals surface area contributed by atoms with E-state index in [1.807, 2.05) is 36.4 Å². The summed E-state index contributed by atoms with van der Waals surface area (Å²) >= 11 is 6.10. The van der Waals surface area contributed by atoms with Gasteiger partial charge in [0, 0.05) is 11.6 Å². The smallest absolute Gasteiger partial charge is 0.168 e. The monoisotopic (exact) mass is 405 g/mol. The Bertz CT molecular complexity index is 1150. The number of hydrogen-bond donors (Lipinski definition) is 1. The van der Waals surface area contributed by atoms with Crippen LogP contribution in [0, 0.1) is 0 Å². The van der Waals surface area contributed by atoms with Crippen LogP contribution in [0.4, 0.5) is 5.82 Å². The third kappa shape index (κ3) is 4.42. The minimum atomic E-state index is 0.587. The Balaban J connectivity index is 1.53. The molecule has 2 aromatic carbocycles. The van der Waals surface area contributed by atoms with Crippen LogP contribution in [0.15, 0.2) is 66.2 Å². The number of rotatable bonds is 6. The van der Waals surface area contributed by atoms with Gasteiger partial charge < -0.3 is 4.90 Å². The Morgan fingerprint density at radius 2 is 1.97 bits per heavy atom. The second-order valence-corrected chi connectivity index (χ2v) is 7.28. The molecule has 0 amide bonds. The molecule has 0 bridgehead atoms. The lowest BCUT2D eigenvalue weighted by atomic mass is 10.1. The molecule has 29 heavy (non-hydrogen) atoms. The highest BCUT2D eigenvalue weighted by Gasteiger charge is 2.11. The van der Waals surface area contributed by atoms with Gasteiger partial charge in [0.1, 0.15) is 6.33 Å². The van der Waals surface area contributed by atoms with Crippen LogP contribution in [-0.4, -0.2) is 45.0 Å². The number of hydrogen-bond acceptors (Lipinski definition) is 6. The minimum absolute atomic E-state index is 0.587. The van der Waals surface area contributed by atoms with Crippen molar-refractivity contribution in [3.05, 3.63) is 77.2 Å². The fourth-order valence-electron chi connectivity index (χ4n) is 2.97. The van der Waals surface area contributed by atoms with Crippen molar-refractivity contribution in [2.24, 2.45) is 5.10 Å². The average molecular weight is 406 g/mol. The van der Waals surface area contributed by atoms with Crippen LogP contribution in [0.3, 0.4) is 0 Å². The van der Waals surface area contributed by atoms with E-state index in [1.54, 1.807) is 17.1 Å². The summed E-state index contributed by atoms with van der Waals surface area (Å²) in [6.45, 7) is 0.908. The Hall–Kier alpha value is -3.29. The normalized spacial score (nSPS) is 11.6. The first kappa shape index (κ1) is 19.0. The van der Waals surface area contributed by atoms with E-state index in [1.165, 1.54) is 11.9 Å². The molecule has 8 heteroatoms. The quantitative estimate of drug-likeness (QED) is 0.388. The zero-order valence-electron chi connectivity index (χ0n) is 16.1. The highest BCUT2D eigenvalue weighted by molar-refractivity contribution is 6.30. The number of hydrazone groups is 1. The molecule has 0 spiro atoms. The van der Waals surface area contributed by atoms with E-state index < -0.39 is 0 Å². The lowest BCUT2D eigenvalue weighted by Gasteiger charge is -2.09. The van der Waals surface area contributed by atoms with E-state index in [-0.39, 0.29) is 0 Å². The predicted octanol–water partition coefficient (Wildman–Crippen LogP) is 3.98. The lowest BCUT2D eigenvalue weighted by molar-refractivity contribution is 0.402. The van der Waals surface area contributed by atoms with Gasteiger partial charge in [-0.1, -0.05) is 41.9 Å². The van der Waals surface area contributed by atoms with Crippen LogP contribution in [0.2, 0.25) is 5.02 Å². The predicted molar refractivity (Wildman–Crippen MR) is 117 cm³/mol. The number of benzene rings is 2. The zero-order valence-corrected chi connectivity index (χ0v) is 16.9. The fraction of sp³-hybridized carbons (Fsp3) is 0.143. The number of nitrogens with one attached hydrogen (secondary N) is 1. The van der Waals surface area contributed by atoms with Crippen molar-refractivity contribution in [3.8, 4) is 5.69 Å². The molecule has 0 saturated carbocycles. The molecule has 7 nitrogen and oxygen atoms in total. The maximum absolute atomic E-state index is 6.10. The Morgan fingerprint density at radius 1 is 1.14 bits per heavy atom. The van der Waals surface area contributed by atoms with Gasteiger partial charge in [-0.3, -0.25) is 5.43 Å². The molecule has 4 aromatic rings. The third-order valence-corrected chi connectivity index (χ3v) is 4.52. The van der Waals surface area contributed by atoms with E-state index in [0.29, 0.717) is 16.5 Å². The topological polar surface area (TPSA) is 71.2 Å². The largest absolute Gasteiger partial charge is 0.305 e. The zero-order chi connectivity index (χ0) is 20.2. The van der Waals surface area contributed by atoms with E-state index in [0.717, 1.165) is 23.2 Å². The highest BCUT2D eigenvalue weighted by atomic mass is 35.5. The molecular weight excluding hydrogens is 386 g/mol. The number of aromatic nitrogens is 4. The van der Waals surface area contributed by atoms with Crippen LogP contribution in [-0.2, 0) is 6.54 Å². The van der Waals surface area contributed by atoms with Crippen molar-refractivity contribution < 1.29 is 0 Å². The van der Waals surface area contributed by atoms with Crippen LogP contribution in [0.5, 0.6) is 0 Å². The van der Waals surface area contributed by atoms with Crippen LogP contribution >= 0.6 is 11.6 Å². The minimum Gasteiger partial charge on any atom is -0.305 e. The molecule has 0 unspecified atom stereocenters. The van der Waals surface area contributed by atoms with Crippen molar-refractivity contribution >= 4 is 34.7 Å². The van der Waals surface area contributed by atoms with Crippen molar-refractivity contribution in [2.45, 2.75) is 6.54 Å². The van der Waals surface area contributed by atoms with Gasteiger partial charge in [0.05, 0.1) is 23.5 Å². The van der Waals surface area contributed by atoms with Gasteiger partial charge in [-0.2, -0.15) is 10.2 Å². The van der Waals surface area contributed by atoms with Crippen LogP contribution < -0.4 is 5.43 Å². The van der Waals surface area contributed by atoms with E-state index >= 15 is 0 Å². The first-order valence-corrected chi connectivity index (χ1v) is 9.45. The van der Waals surface area contributed by atoms with Gasteiger partial charge >= 0.3 is 0 Å². The third-order valence-electron chi connectivity index (χ3n) is 4.28. The molecule has 0 radical (unpaired) electrons. The molecule has 0 aliphatic carbocycles. The number of halogens is 1. The maximum atomic E-state index is 6.10. The standard InChI is InChI=1S/C21H20ClN7/c1-28(2)13-16-8-6-15(7-9-16)11-25-27-20-19-12-26-29(21(19)24-14-23-20)18-5-3-4-17(22)10-18/h3-12,14H,13H2,1-2H3,(H,23,24,27). The van der Waals surface area contributed by atoms with Gasteiger partial charge in [-0.15, -0.1) is 0 Å². The SMILES string of the molecule is CN(C)Cc1ccc(C=NNc2ncnc3c2cnn3-c2cccc(Cl)c2)cc1. The highest BCUT2D eigenvalue weighted by Crippen LogP contribution is 2.23. The van der Waals surface area contributed by atoms with Crippen LogP contribution in [0.1, 0.15) is 11.1 Å². The van der Waals surface area contributed by atoms with Gasteiger partial charge in [-0.05, 0) is 43.4 Å². The van der Waals surface area contributed by atoms with Gasteiger partial charge in [-0.25, -0.2) is 14.6 Å². The molecule has 146 valence electrons. The van der Waals surface area contributed by atoms with E-state index in [9.17, 15) is 0 Å². The van der Waals surface area contributed by atoms with Crippen molar-refractivity contribution in [2.75, 3.05) is 19.5 Å². The average Bonchev–Trinajstić information content (AvgIpc) is 3.14. The molecule has 0 aliphatic heterocycles. The molecule has 1 N–H and O–H groups in total. The summed E-state index contributed by atoms with van der Waals surface area (Å²) < 4.78 is 1.72. The van der Waals surface area contributed by atoms with Crippen molar-refractivity contribution in [1.82, 2.24) is 24.6 Å². The summed E-state index contributed by atoms with van der Waals surface area (Å²) in [5.74, 6) is 0.587. The van der Waals surface area contributed by atoms with Gasteiger partial charge in [0.2, 0.25) is 0 Å². The van der Waals surface area contributed by atoms with Gasteiger partial charge in [0.25, 0.3) is 0 Å². The summed E-state index contributed by atoms with van der Waals surface area (Å²) in [5.41, 5.74) is 6.75. The van der Waals surface area contributed by atoms with Crippen LogP contribution in [0.25, 0.3) is 16.7 Å². The van der Waals surface area contributed by atoms with E-state index in [4.69, 9.17) is 11.6 Å². The molecule has 0 fully saturated rings. The Kier molecular flexibility index (Phi) is 5.50. The number of anilines is 1. The van der Waals surface area contributed by atoms with E-state index in [2.05, 4.69) is 56.7 Å². The Labute approximate surface area is 173 Å². The van der Waals surface area contributed by atoms with Crippen molar-refractivity contribution in [3.63, 3.8) is 0 Å². The molecule has 0 atom stereocenters. The first-order chi connectivity index (χ1) is 14.1. The second-order valence-electron chi connectivity index (χ2n) is 6.85. The summed E-state index contributed by atoms with van der Waals surface area (Å²) in [6.07, 6.45) is 4.96. The fourth-order valence-corrected chi connectivity index (χ4v) is 3.16. The Morgan fingerprint density at radius 3 is 2.72 bits per heavy atom. The molecule has 0 saturated heterocycles. The maximum Gasteiger partial charge on any atom is 0.168 e. The molecule has 4 rings (SSSR count). The molecule has 0 aliphatic rings. The summed E-state index contributed by atoms with van der Waals surface area (Å²) in [5, 5.41) is 10.1.